The van der Waals surface area contributed by atoms with Crippen LogP contribution in [0.1, 0.15) is 77.6 Å². The first-order valence-electron chi connectivity index (χ1n) is 21.3. The Kier molecular flexibility index (Phi) is 12.3. The molecular formula is C45H49FN8O10. The van der Waals surface area contributed by atoms with Gasteiger partial charge in [0, 0.05) is 29.0 Å². The number of ether oxygens (including phenoxy) is 2. The van der Waals surface area contributed by atoms with Crippen LogP contribution in [0, 0.1) is 18.7 Å². The van der Waals surface area contributed by atoms with Crippen molar-refractivity contribution in [1.82, 2.24) is 36.1 Å². The van der Waals surface area contributed by atoms with Gasteiger partial charge in [0.15, 0.2) is 5.60 Å². The highest BCUT2D eigenvalue weighted by Gasteiger charge is 2.46. The molecule has 2 aliphatic heterocycles. The number of amides is 5. The number of fused-ring (bicyclic) bond motifs is 5. The molecule has 0 bridgehead atoms. The highest BCUT2D eigenvalue weighted by molar-refractivity contribution is 5.95. The van der Waals surface area contributed by atoms with Gasteiger partial charge in [0.1, 0.15) is 31.3 Å². The van der Waals surface area contributed by atoms with Crippen LogP contribution in [0.4, 0.5) is 4.39 Å². The van der Waals surface area contributed by atoms with Gasteiger partial charge < -0.3 is 51.5 Å². The molecule has 2 aromatic heterocycles. The quantitative estimate of drug-likeness (QED) is 0.0526. The zero-order chi connectivity index (χ0) is 45.4. The lowest BCUT2D eigenvalue weighted by atomic mass is 9.81. The fourth-order valence-corrected chi connectivity index (χ4v) is 8.90. The molecule has 0 spiro atoms. The molecular weight excluding hydrogens is 832 g/mol. The van der Waals surface area contributed by atoms with E-state index in [4.69, 9.17) is 20.2 Å². The summed E-state index contributed by atoms with van der Waals surface area (Å²) in [6.45, 7) is 1.57. The Balaban J connectivity index is 0.963. The number of cyclic esters (lactones) is 1. The van der Waals surface area contributed by atoms with E-state index in [1.54, 1.807) is 50.2 Å². The molecule has 4 heterocycles. The maximum absolute atomic E-state index is 15.4. The van der Waals surface area contributed by atoms with Crippen molar-refractivity contribution in [3.63, 3.8) is 0 Å². The molecule has 64 heavy (non-hydrogen) atoms. The van der Waals surface area contributed by atoms with Crippen LogP contribution in [0.2, 0.25) is 0 Å². The summed E-state index contributed by atoms with van der Waals surface area (Å²) in [6, 6.07) is 10.2. The monoisotopic (exact) mass is 880 g/mol. The highest BCUT2D eigenvalue weighted by Crippen LogP contribution is 2.46. The number of nitrogens with two attached hydrogens (primary N) is 1. The number of aromatic nitrogens is 2. The third kappa shape index (κ3) is 8.45. The minimum atomic E-state index is -2.04. The summed E-state index contributed by atoms with van der Waals surface area (Å²) in [5, 5.41) is 25.3. The number of pyridine rings is 2. The third-order valence-electron chi connectivity index (χ3n) is 12.5. The van der Waals surface area contributed by atoms with Crippen LogP contribution in [0.3, 0.4) is 0 Å². The average molecular weight is 881 g/mol. The number of halogens is 1. The molecule has 5 amide bonds. The van der Waals surface area contributed by atoms with E-state index in [2.05, 4.69) is 26.6 Å². The normalized spacial score (nSPS) is 19.0. The number of hydrogen-bond donors (Lipinski definition) is 7. The van der Waals surface area contributed by atoms with E-state index >= 15 is 4.39 Å². The number of aryl methyl sites for hydroxylation is 1. The molecule has 2 aromatic carbocycles. The number of nitrogens with one attached hydrogen (secondary N) is 5. The number of benzene rings is 2. The molecule has 4 aromatic rings. The summed E-state index contributed by atoms with van der Waals surface area (Å²) in [6.07, 6.45) is 1.39. The van der Waals surface area contributed by atoms with Gasteiger partial charge >= 0.3 is 5.97 Å². The second-order valence-corrected chi connectivity index (χ2v) is 16.6. The van der Waals surface area contributed by atoms with Crippen molar-refractivity contribution in [2.45, 2.75) is 89.3 Å². The Labute approximate surface area is 365 Å². The molecule has 336 valence electrons. The smallest absolute Gasteiger partial charge is 0.343 e. The summed E-state index contributed by atoms with van der Waals surface area (Å²) >= 11 is 0. The average Bonchev–Trinajstić information content (AvgIpc) is 4.07. The first-order chi connectivity index (χ1) is 30.7. The van der Waals surface area contributed by atoms with Gasteiger partial charge in [-0.1, -0.05) is 37.3 Å². The molecule has 0 unspecified atom stereocenters. The van der Waals surface area contributed by atoms with E-state index in [1.165, 1.54) is 10.6 Å². The van der Waals surface area contributed by atoms with Gasteiger partial charge in [-0.05, 0) is 73.3 Å². The maximum Gasteiger partial charge on any atom is 0.343 e. The minimum absolute atomic E-state index is 0.0335. The molecule has 4 atom stereocenters. The lowest BCUT2D eigenvalue weighted by Gasteiger charge is -2.31. The molecule has 0 radical (unpaired) electrons. The zero-order valence-electron chi connectivity index (χ0n) is 35.3. The minimum Gasteiger partial charge on any atom is -0.458 e. The van der Waals surface area contributed by atoms with Gasteiger partial charge in [0.2, 0.25) is 29.5 Å². The van der Waals surface area contributed by atoms with Crippen molar-refractivity contribution in [2.24, 2.45) is 11.7 Å². The number of aliphatic hydroxyl groups is 1. The lowest BCUT2D eigenvalue weighted by Crippen LogP contribution is -2.52. The molecule has 18 nitrogen and oxygen atoms in total. The van der Waals surface area contributed by atoms with E-state index in [-0.39, 0.29) is 56.3 Å². The highest BCUT2D eigenvalue weighted by atomic mass is 19.1. The Bertz CT molecular complexity index is 2650. The van der Waals surface area contributed by atoms with E-state index < -0.39 is 83.8 Å². The zero-order valence-corrected chi connectivity index (χ0v) is 35.3. The van der Waals surface area contributed by atoms with Crippen LogP contribution < -0.4 is 37.9 Å². The van der Waals surface area contributed by atoms with Crippen LogP contribution in [-0.4, -0.2) is 88.7 Å². The molecule has 8 N–H and O–H groups in total. The van der Waals surface area contributed by atoms with Crippen molar-refractivity contribution in [3.8, 4) is 11.4 Å². The number of carbonyl (C=O) groups excluding carboxylic acids is 6. The number of esters is 1. The van der Waals surface area contributed by atoms with Gasteiger partial charge in [-0.3, -0.25) is 28.8 Å². The van der Waals surface area contributed by atoms with Crippen molar-refractivity contribution < 1.29 is 47.7 Å². The number of hydrogen-bond acceptors (Lipinski definition) is 12. The summed E-state index contributed by atoms with van der Waals surface area (Å²) in [5.41, 5.74) is 7.48. The van der Waals surface area contributed by atoms with Crippen LogP contribution in [0.5, 0.6) is 0 Å². The molecule has 1 saturated carbocycles. The molecule has 1 fully saturated rings. The second kappa shape index (κ2) is 17.9. The maximum atomic E-state index is 15.4. The molecule has 2 aliphatic carbocycles. The molecule has 8 rings (SSSR count). The van der Waals surface area contributed by atoms with Gasteiger partial charge in [0.25, 0.3) is 5.56 Å². The van der Waals surface area contributed by atoms with Crippen LogP contribution in [-0.2, 0) is 69.8 Å². The number of rotatable bonds is 16. The first kappa shape index (κ1) is 44.1. The molecule has 19 heteroatoms. The summed E-state index contributed by atoms with van der Waals surface area (Å²) < 4.78 is 28.1. The van der Waals surface area contributed by atoms with Gasteiger partial charge in [0.05, 0.1) is 54.7 Å². The van der Waals surface area contributed by atoms with E-state index in [9.17, 15) is 38.7 Å². The fourth-order valence-electron chi connectivity index (χ4n) is 8.90. The summed E-state index contributed by atoms with van der Waals surface area (Å²) in [4.78, 5) is 96.0. The van der Waals surface area contributed by atoms with Gasteiger partial charge in [-0.15, -0.1) is 0 Å². The van der Waals surface area contributed by atoms with Crippen LogP contribution >= 0.6 is 0 Å². The predicted octanol–water partition coefficient (Wildman–Crippen LogP) is 0.418. The predicted molar refractivity (Wildman–Crippen MR) is 226 cm³/mol. The van der Waals surface area contributed by atoms with E-state index in [0.717, 1.165) is 11.1 Å². The van der Waals surface area contributed by atoms with Crippen molar-refractivity contribution in [2.75, 3.05) is 26.4 Å². The SMILES string of the molecule is CC[C@@]1(O)C(=O)OCc2c1cc1n(c2=O)Cc2c-1nc1cc(F)c(C)c3c1c2[C@@H](NC(=O)[C@@H](OCNC(=O)CNC(=O)[C@H](Cc1ccccc1)NC(=O)CNC(=O)CN)C1CC1)CC3. The Morgan fingerprint density at radius 3 is 2.45 bits per heavy atom. The number of nitrogens with zero attached hydrogens (tertiary/aromatic N) is 2. The van der Waals surface area contributed by atoms with Crippen molar-refractivity contribution in [3.05, 3.63) is 97.6 Å². The topological polar surface area (TPSA) is 262 Å². The van der Waals surface area contributed by atoms with Gasteiger partial charge in [-0.2, -0.15) is 0 Å². The first-order valence-corrected chi connectivity index (χ1v) is 21.3. The van der Waals surface area contributed by atoms with Crippen molar-refractivity contribution >= 4 is 46.4 Å². The van der Waals surface area contributed by atoms with Crippen molar-refractivity contribution in [1.29, 1.82) is 0 Å². The standard InChI is InChI=1S/C45H49FN8O10/c1-3-45(62)28-14-33-39-26(19-54(33)43(60)27(28)20-63-44(45)61)38-30(12-11-25-22(2)29(46)15-31(52-39)37(25)38)53-42(59)40(24-9-10-24)64-21-50-35(56)17-49-41(58)32(13-23-7-5-4-6-8-23)51-36(57)18-48-34(55)16-47/h4-8,14-15,24,30,32,40,62H,3,9-13,16-21,47H2,1-2H3,(H,48,55)(H,49,58)(H,50,56)(H,51,57)(H,53,59)/t30-,32-,40-,45-/m0/s1. The summed E-state index contributed by atoms with van der Waals surface area (Å²) in [5.74, 6) is -4.27. The van der Waals surface area contributed by atoms with Crippen LogP contribution in [0.25, 0.3) is 22.3 Å². The lowest BCUT2D eigenvalue weighted by molar-refractivity contribution is -0.172. The molecule has 0 saturated heterocycles. The van der Waals surface area contributed by atoms with Crippen LogP contribution in [0.15, 0.2) is 47.3 Å². The molecule has 4 aliphatic rings. The van der Waals surface area contributed by atoms with E-state index in [1.807, 2.05) is 0 Å². The second-order valence-electron chi connectivity index (χ2n) is 16.6. The number of carbonyl (C=O) groups is 6. The van der Waals surface area contributed by atoms with Gasteiger partial charge in [-0.25, -0.2) is 14.2 Å². The third-order valence-corrected chi connectivity index (χ3v) is 12.5. The Hall–Kier alpha value is -6.57. The fraction of sp³-hybridized carbons (Fsp3) is 0.422. The summed E-state index contributed by atoms with van der Waals surface area (Å²) in [7, 11) is 0. The van der Waals surface area contributed by atoms with E-state index in [0.29, 0.717) is 64.7 Å². The Morgan fingerprint density at radius 2 is 1.73 bits per heavy atom. The Morgan fingerprint density at radius 1 is 0.984 bits per heavy atom. The largest absolute Gasteiger partial charge is 0.458 e.